The molecule has 2 aromatic carbocycles. The molecule has 0 spiro atoms. The third-order valence-corrected chi connectivity index (χ3v) is 5.01. The molecule has 6 heteroatoms. The lowest BCUT2D eigenvalue weighted by atomic mass is 10.2. The van der Waals surface area contributed by atoms with Crippen molar-refractivity contribution in [3.8, 4) is 0 Å². The van der Waals surface area contributed by atoms with Crippen LogP contribution in [0.15, 0.2) is 57.9 Å². The summed E-state index contributed by atoms with van der Waals surface area (Å²) < 4.78 is 13.8. The summed E-state index contributed by atoms with van der Waals surface area (Å²) in [5.41, 5.74) is 1.54. The topological polar surface area (TPSA) is 37.4 Å². The smallest absolute Gasteiger partial charge is 0.268 e. The molecular formula is C17H11BrFNO2S. The monoisotopic (exact) mass is 391 g/mol. The molecule has 23 heavy (non-hydrogen) atoms. The van der Waals surface area contributed by atoms with Crippen molar-refractivity contribution in [3.63, 3.8) is 0 Å². The van der Waals surface area contributed by atoms with Gasteiger partial charge in [0.25, 0.3) is 11.1 Å². The van der Waals surface area contributed by atoms with Crippen molar-refractivity contribution in [3.05, 3.63) is 74.9 Å². The minimum absolute atomic E-state index is 0.215. The molecule has 1 heterocycles. The summed E-state index contributed by atoms with van der Waals surface area (Å²) >= 11 is 4.31. The Bertz CT molecular complexity index is 804. The van der Waals surface area contributed by atoms with Crippen LogP contribution in [0.5, 0.6) is 0 Å². The molecule has 1 saturated heterocycles. The number of hydrogen-bond donors (Lipinski definition) is 0. The normalized spacial score (nSPS) is 16.4. The number of amides is 2. The number of hydrogen-bond acceptors (Lipinski definition) is 3. The summed E-state index contributed by atoms with van der Waals surface area (Å²) in [5.74, 6) is -0.677. The molecule has 0 aliphatic carbocycles. The van der Waals surface area contributed by atoms with Crippen LogP contribution in [0.3, 0.4) is 0 Å². The number of nitrogens with zero attached hydrogens (tertiary/aromatic N) is 1. The summed E-state index contributed by atoms with van der Waals surface area (Å²) in [7, 11) is 0. The van der Waals surface area contributed by atoms with E-state index < -0.39 is 0 Å². The Morgan fingerprint density at radius 2 is 1.78 bits per heavy atom. The Balaban J connectivity index is 1.82. The van der Waals surface area contributed by atoms with Crippen LogP contribution in [-0.2, 0) is 11.3 Å². The third kappa shape index (κ3) is 3.54. The molecule has 0 saturated carbocycles. The molecule has 0 aromatic heterocycles. The van der Waals surface area contributed by atoms with Crippen molar-refractivity contribution in [2.45, 2.75) is 6.54 Å². The molecular weight excluding hydrogens is 381 g/mol. The number of halogens is 2. The molecule has 2 aromatic rings. The quantitative estimate of drug-likeness (QED) is 0.703. The predicted octanol–water partition coefficient (Wildman–Crippen LogP) is 4.82. The highest BCUT2D eigenvalue weighted by molar-refractivity contribution is 9.10. The largest absolute Gasteiger partial charge is 0.293 e. The van der Waals surface area contributed by atoms with Gasteiger partial charge in [-0.15, -0.1) is 0 Å². The molecule has 2 amide bonds. The zero-order valence-electron chi connectivity index (χ0n) is 11.8. The van der Waals surface area contributed by atoms with Gasteiger partial charge in [-0.05, 0) is 47.2 Å². The van der Waals surface area contributed by atoms with Crippen LogP contribution in [0.4, 0.5) is 9.18 Å². The fourth-order valence-corrected chi connectivity index (χ4v) is 3.39. The van der Waals surface area contributed by atoms with Gasteiger partial charge in [-0.3, -0.25) is 14.5 Å². The molecule has 0 unspecified atom stereocenters. The van der Waals surface area contributed by atoms with Crippen LogP contribution in [0.25, 0.3) is 6.08 Å². The lowest BCUT2D eigenvalue weighted by molar-refractivity contribution is -0.123. The van der Waals surface area contributed by atoms with Crippen molar-refractivity contribution in [2.75, 3.05) is 0 Å². The molecule has 0 N–H and O–H groups in total. The van der Waals surface area contributed by atoms with E-state index in [-0.39, 0.29) is 23.5 Å². The molecule has 0 bridgehead atoms. The van der Waals surface area contributed by atoms with Crippen molar-refractivity contribution >= 4 is 44.9 Å². The highest BCUT2D eigenvalue weighted by atomic mass is 79.9. The van der Waals surface area contributed by atoms with E-state index in [1.165, 1.54) is 17.0 Å². The molecule has 3 rings (SSSR count). The number of benzene rings is 2. The van der Waals surface area contributed by atoms with Gasteiger partial charge in [-0.2, -0.15) is 0 Å². The second kappa shape index (κ2) is 6.68. The standard InChI is InChI=1S/C17H11BrFNO2S/c18-14-4-2-1-3-12(14)10-20-16(21)15(23-17(20)22)9-11-5-7-13(19)8-6-11/h1-9H,10H2/b15-9+. The van der Waals surface area contributed by atoms with Gasteiger partial charge in [-0.1, -0.05) is 46.3 Å². The highest BCUT2D eigenvalue weighted by Crippen LogP contribution is 2.34. The first kappa shape index (κ1) is 16.0. The van der Waals surface area contributed by atoms with E-state index in [0.717, 1.165) is 21.8 Å². The molecule has 1 fully saturated rings. The number of carbonyl (C=O) groups excluding carboxylic acids is 2. The number of carbonyl (C=O) groups is 2. The minimum atomic E-state index is -0.343. The number of rotatable bonds is 3. The average molecular weight is 392 g/mol. The fraction of sp³-hybridized carbons (Fsp3) is 0.0588. The first-order valence-corrected chi connectivity index (χ1v) is 8.40. The van der Waals surface area contributed by atoms with E-state index in [1.54, 1.807) is 18.2 Å². The van der Waals surface area contributed by atoms with E-state index in [0.29, 0.717) is 10.5 Å². The van der Waals surface area contributed by atoms with Gasteiger partial charge in [0.05, 0.1) is 11.4 Å². The summed E-state index contributed by atoms with van der Waals surface area (Å²) in [5, 5.41) is -0.306. The van der Waals surface area contributed by atoms with Gasteiger partial charge in [0, 0.05) is 4.47 Å². The number of imide groups is 1. The molecule has 0 radical (unpaired) electrons. The molecule has 1 aliphatic rings. The van der Waals surface area contributed by atoms with Crippen LogP contribution in [0, 0.1) is 5.82 Å². The Labute approximate surface area is 145 Å². The molecule has 0 atom stereocenters. The first-order valence-electron chi connectivity index (χ1n) is 6.79. The van der Waals surface area contributed by atoms with Gasteiger partial charge in [0.15, 0.2) is 0 Å². The second-order valence-electron chi connectivity index (χ2n) is 4.91. The van der Waals surface area contributed by atoms with Crippen molar-refractivity contribution in [2.24, 2.45) is 0 Å². The van der Waals surface area contributed by atoms with Crippen LogP contribution in [-0.4, -0.2) is 16.0 Å². The zero-order valence-corrected chi connectivity index (χ0v) is 14.2. The van der Waals surface area contributed by atoms with Gasteiger partial charge in [0.2, 0.25) is 0 Å². The van der Waals surface area contributed by atoms with Crippen molar-refractivity contribution < 1.29 is 14.0 Å². The maximum Gasteiger partial charge on any atom is 0.293 e. The molecule has 116 valence electrons. The summed E-state index contributed by atoms with van der Waals surface area (Å²) in [6.45, 7) is 0.215. The summed E-state index contributed by atoms with van der Waals surface area (Å²) in [6.07, 6.45) is 1.60. The lowest BCUT2D eigenvalue weighted by Crippen LogP contribution is -2.27. The van der Waals surface area contributed by atoms with Gasteiger partial charge in [-0.25, -0.2) is 4.39 Å². The van der Waals surface area contributed by atoms with E-state index in [4.69, 9.17) is 0 Å². The van der Waals surface area contributed by atoms with Gasteiger partial charge < -0.3 is 0 Å². The maximum atomic E-state index is 12.9. The summed E-state index contributed by atoms with van der Waals surface area (Å²) in [6, 6.07) is 13.2. The van der Waals surface area contributed by atoms with Crippen LogP contribution in [0.2, 0.25) is 0 Å². The van der Waals surface area contributed by atoms with Crippen molar-refractivity contribution in [1.82, 2.24) is 4.90 Å². The van der Waals surface area contributed by atoms with Crippen LogP contribution >= 0.6 is 27.7 Å². The Kier molecular flexibility index (Phi) is 4.63. The van der Waals surface area contributed by atoms with E-state index in [2.05, 4.69) is 15.9 Å². The Morgan fingerprint density at radius 3 is 2.48 bits per heavy atom. The molecule has 3 nitrogen and oxygen atoms in total. The van der Waals surface area contributed by atoms with Crippen molar-refractivity contribution in [1.29, 1.82) is 0 Å². The second-order valence-corrected chi connectivity index (χ2v) is 6.76. The molecule has 1 aliphatic heterocycles. The van der Waals surface area contributed by atoms with Gasteiger partial charge in [0.1, 0.15) is 5.82 Å². The number of thioether (sulfide) groups is 1. The van der Waals surface area contributed by atoms with E-state index >= 15 is 0 Å². The first-order chi connectivity index (χ1) is 11.0. The fourth-order valence-electron chi connectivity index (χ4n) is 2.14. The predicted molar refractivity (Wildman–Crippen MR) is 92.1 cm³/mol. The average Bonchev–Trinajstić information content (AvgIpc) is 2.79. The Morgan fingerprint density at radius 1 is 1.09 bits per heavy atom. The zero-order chi connectivity index (χ0) is 16.4. The third-order valence-electron chi connectivity index (χ3n) is 3.33. The van der Waals surface area contributed by atoms with E-state index in [1.807, 2.05) is 24.3 Å². The van der Waals surface area contributed by atoms with Crippen LogP contribution in [0.1, 0.15) is 11.1 Å². The SMILES string of the molecule is O=C1S/C(=C/c2ccc(F)cc2)C(=O)N1Cc1ccccc1Br. The summed E-state index contributed by atoms with van der Waals surface area (Å²) in [4.78, 5) is 26.1. The van der Waals surface area contributed by atoms with E-state index in [9.17, 15) is 14.0 Å². The van der Waals surface area contributed by atoms with Crippen LogP contribution < -0.4 is 0 Å². The maximum absolute atomic E-state index is 12.9. The van der Waals surface area contributed by atoms with Gasteiger partial charge >= 0.3 is 0 Å². The minimum Gasteiger partial charge on any atom is -0.268 e. The highest BCUT2D eigenvalue weighted by Gasteiger charge is 2.35. The Hall–Kier alpha value is -1.92. The lowest BCUT2D eigenvalue weighted by Gasteiger charge is -2.13.